The zero-order valence-electron chi connectivity index (χ0n) is 18.6. The highest BCUT2D eigenvalue weighted by molar-refractivity contribution is 7.91. The molecule has 1 fully saturated rings. The van der Waals surface area contributed by atoms with Crippen LogP contribution in [0.25, 0.3) is 6.08 Å². The summed E-state index contributed by atoms with van der Waals surface area (Å²) in [7, 11) is -1.59. The van der Waals surface area contributed by atoms with Gasteiger partial charge in [0.2, 0.25) is 0 Å². The van der Waals surface area contributed by atoms with Gasteiger partial charge in [0.05, 0.1) is 29.9 Å². The molecule has 1 aromatic heterocycles. The van der Waals surface area contributed by atoms with E-state index in [1.165, 1.54) is 19.3 Å². The summed E-state index contributed by atoms with van der Waals surface area (Å²) in [5, 5.41) is 6.45. The third-order valence-electron chi connectivity index (χ3n) is 5.10. The summed E-state index contributed by atoms with van der Waals surface area (Å²) in [6.45, 7) is 3.43. The topological polar surface area (TPSA) is 134 Å². The summed E-state index contributed by atoms with van der Waals surface area (Å²) in [4.78, 5) is 23.8. The van der Waals surface area contributed by atoms with E-state index >= 15 is 0 Å². The van der Waals surface area contributed by atoms with E-state index in [0.717, 1.165) is 11.3 Å². The summed E-state index contributed by atoms with van der Waals surface area (Å²) in [6.07, 6.45) is 3.07. The molecule has 1 amide bonds. The van der Waals surface area contributed by atoms with Crippen molar-refractivity contribution < 1.29 is 36.7 Å². The second-order valence-corrected chi connectivity index (χ2v) is 9.84. The molecule has 2 heterocycles. The maximum Gasteiger partial charge on any atom is 0.331 e. The largest absolute Gasteiger partial charge is 0.493 e. The van der Waals surface area contributed by atoms with Gasteiger partial charge < -0.3 is 24.1 Å². The number of nitrogens with zero attached hydrogens (tertiary/aromatic N) is 1. The standard InChI is InChI=1S/C22H26N2O8S/c1-14-18(15(2)32-24-14)11-30-19-6-4-16(10-20(19)29-3)5-7-22(26)31-12-21(25)23-17-8-9-33(27,28)13-17/h4-7,10,17H,8-9,11-13H2,1-3H3,(H,23,25)/b7-5+. The minimum Gasteiger partial charge on any atom is -0.493 e. The lowest BCUT2D eigenvalue weighted by Gasteiger charge is -2.11. The number of carbonyl (C=O) groups excluding carboxylic acids is 2. The molecule has 178 valence electrons. The van der Waals surface area contributed by atoms with Gasteiger partial charge in [0.1, 0.15) is 12.4 Å². The van der Waals surface area contributed by atoms with Gasteiger partial charge in [-0.25, -0.2) is 13.2 Å². The van der Waals surface area contributed by atoms with E-state index in [-0.39, 0.29) is 18.1 Å². The lowest BCUT2D eigenvalue weighted by atomic mass is 10.2. The number of benzene rings is 1. The Morgan fingerprint density at radius 2 is 2.06 bits per heavy atom. The first-order chi connectivity index (χ1) is 15.7. The average molecular weight is 479 g/mol. The molecule has 0 spiro atoms. The fourth-order valence-electron chi connectivity index (χ4n) is 3.29. The molecule has 33 heavy (non-hydrogen) atoms. The Morgan fingerprint density at radius 3 is 2.70 bits per heavy atom. The number of nitrogens with one attached hydrogen (secondary N) is 1. The van der Waals surface area contributed by atoms with Crippen LogP contribution in [0.2, 0.25) is 0 Å². The second-order valence-electron chi connectivity index (χ2n) is 7.61. The molecule has 1 saturated heterocycles. The molecule has 0 aliphatic carbocycles. The van der Waals surface area contributed by atoms with Crippen LogP contribution >= 0.6 is 0 Å². The zero-order valence-corrected chi connectivity index (χ0v) is 19.4. The van der Waals surface area contributed by atoms with Crippen molar-refractivity contribution in [3.05, 3.63) is 46.9 Å². The minimum atomic E-state index is -3.10. The van der Waals surface area contributed by atoms with Gasteiger partial charge in [0.25, 0.3) is 5.91 Å². The van der Waals surface area contributed by atoms with Crippen LogP contribution < -0.4 is 14.8 Å². The number of aromatic nitrogens is 1. The predicted octanol–water partition coefficient (Wildman–Crippen LogP) is 1.74. The molecule has 1 atom stereocenters. The Hall–Kier alpha value is -3.34. The zero-order chi connectivity index (χ0) is 24.0. The van der Waals surface area contributed by atoms with Crippen LogP contribution in [0.3, 0.4) is 0 Å². The van der Waals surface area contributed by atoms with Crippen molar-refractivity contribution in [3.8, 4) is 11.5 Å². The molecule has 0 radical (unpaired) electrons. The SMILES string of the molecule is COc1cc(/C=C/C(=O)OCC(=O)NC2CCS(=O)(=O)C2)ccc1OCc1c(C)noc1C. The van der Waals surface area contributed by atoms with Gasteiger partial charge in [-0.05, 0) is 44.0 Å². The Kier molecular flexibility index (Phi) is 7.75. The Bertz CT molecular complexity index is 1130. The summed E-state index contributed by atoms with van der Waals surface area (Å²) in [6, 6.07) is 4.70. The fraction of sp³-hybridized carbons (Fsp3) is 0.409. The quantitative estimate of drug-likeness (QED) is 0.422. The van der Waals surface area contributed by atoms with E-state index in [1.807, 2.05) is 13.8 Å². The Labute approximate surface area is 191 Å². The van der Waals surface area contributed by atoms with E-state index in [9.17, 15) is 18.0 Å². The molecule has 10 nitrogen and oxygen atoms in total. The molecule has 2 aromatic rings. The third kappa shape index (κ3) is 6.82. The van der Waals surface area contributed by atoms with Crippen molar-refractivity contribution in [2.45, 2.75) is 32.9 Å². The van der Waals surface area contributed by atoms with Crippen LogP contribution in [0.5, 0.6) is 11.5 Å². The monoisotopic (exact) mass is 478 g/mol. The van der Waals surface area contributed by atoms with Crippen LogP contribution in [0.4, 0.5) is 0 Å². The molecule has 1 N–H and O–H groups in total. The van der Waals surface area contributed by atoms with Crippen molar-refractivity contribution in [1.82, 2.24) is 10.5 Å². The molecule has 1 unspecified atom stereocenters. The number of ether oxygens (including phenoxy) is 3. The number of hydrogen-bond acceptors (Lipinski definition) is 9. The number of esters is 1. The van der Waals surface area contributed by atoms with Crippen molar-refractivity contribution >= 4 is 27.8 Å². The van der Waals surface area contributed by atoms with E-state index < -0.39 is 34.4 Å². The smallest absolute Gasteiger partial charge is 0.331 e. The van der Waals surface area contributed by atoms with Crippen molar-refractivity contribution in [2.75, 3.05) is 25.2 Å². The number of hydrogen-bond donors (Lipinski definition) is 1. The Morgan fingerprint density at radius 1 is 1.27 bits per heavy atom. The van der Waals surface area contributed by atoms with Gasteiger partial charge in [-0.1, -0.05) is 11.2 Å². The number of amides is 1. The number of carbonyl (C=O) groups is 2. The summed E-state index contributed by atoms with van der Waals surface area (Å²) in [5.74, 6) is 0.389. The van der Waals surface area contributed by atoms with Gasteiger partial charge in [-0.2, -0.15) is 0 Å². The van der Waals surface area contributed by atoms with Gasteiger partial charge >= 0.3 is 5.97 Å². The van der Waals surface area contributed by atoms with Crippen LogP contribution in [0.1, 0.15) is 29.0 Å². The van der Waals surface area contributed by atoms with E-state index in [0.29, 0.717) is 29.2 Å². The minimum absolute atomic E-state index is 0.0492. The molecule has 11 heteroatoms. The molecule has 0 saturated carbocycles. The van der Waals surface area contributed by atoms with Crippen molar-refractivity contribution in [3.63, 3.8) is 0 Å². The maximum absolute atomic E-state index is 11.9. The first kappa shape index (κ1) is 24.3. The van der Waals surface area contributed by atoms with Crippen molar-refractivity contribution in [1.29, 1.82) is 0 Å². The lowest BCUT2D eigenvalue weighted by molar-refractivity contribution is -0.143. The first-order valence-corrected chi connectivity index (χ1v) is 12.1. The highest BCUT2D eigenvalue weighted by Crippen LogP contribution is 2.30. The molecule has 0 bridgehead atoms. The number of methoxy groups -OCH3 is 1. The predicted molar refractivity (Wildman–Crippen MR) is 118 cm³/mol. The molecule has 1 aliphatic heterocycles. The van der Waals surface area contributed by atoms with E-state index in [1.54, 1.807) is 18.2 Å². The van der Waals surface area contributed by atoms with E-state index in [2.05, 4.69) is 10.5 Å². The van der Waals surface area contributed by atoms with Crippen LogP contribution in [0.15, 0.2) is 28.8 Å². The average Bonchev–Trinajstić information content (AvgIpc) is 3.29. The maximum atomic E-state index is 11.9. The fourth-order valence-corrected chi connectivity index (χ4v) is 4.97. The number of sulfone groups is 1. The summed E-state index contributed by atoms with van der Waals surface area (Å²) < 4.78 is 44.1. The van der Waals surface area contributed by atoms with Crippen LogP contribution in [0, 0.1) is 13.8 Å². The van der Waals surface area contributed by atoms with Crippen molar-refractivity contribution in [2.24, 2.45) is 0 Å². The third-order valence-corrected chi connectivity index (χ3v) is 6.86. The van der Waals surface area contributed by atoms with E-state index in [4.69, 9.17) is 18.7 Å². The van der Waals surface area contributed by atoms with Crippen LogP contribution in [-0.2, 0) is 30.8 Å². The van der Waals surface area contributed by atoms with Crippen LogP contribution in [-0.4, -0.2) is 56.7 Å². The highest BCUT2D eigenvalue weighted by atomic mass is 32.2. The van der Waals surface area contributed by atoms with Gasteiger partial charge in [0, 0.05) is 12.1 Å². The lowest BCUT2D eigenvalue weighted by Crippen LogP contribution is -2.38. The Balaban J connectivity index is 1.50. The molecule has 1 aromatic carbocycles. The molecular weight excluding hydrogens is 452 g/mol. The highest BCUT2D eigenvalue weighted by Gasteiger charge is 2.28. The van der Waals surface area contributed by atoms with Gasteiger partial charge in [-0.3, -0.25) is 4.79 Å². The molecule has 3 rings (SSSR count). The second kappa shape index (κ2) is 10.5. The van der Waals surface area contributed by atoms with Gasteiger partial charge in [0.15, 0.2) is 27.9 Å². The first-order valence-electron chi connectivity index (χ1n) is 10.2. The molecular formula is C22H26N2O8S. The summed E-state index contributed by atoms with van der Waals surface area (Å²) in [5.41, 5.74) is 2.28. The number of aryl methyl sites for hydroxylation is 2. The molecule has 1 aliphatic rings. The van der Waals surface area contributed by atoms with Gasteiger partial charge in [-0.15, -0.1) is 0 Å². The summed E-state index contributed by atoms with van der Waals surface area (Å²) >= 11 is 0. The number of rotatable bonds is 9. The normalized spacial score (nSPS) is 17.1.